The van der Waals surface area contributed by atoms with Crippen molar-refractivity contribution in [1.29, 1.82) is 0 Å². The van der Waals surface area contributed by atoms with Crippen molar-refractivity contribution in [3.8, 4) is 5.75 Å². The topological polar surface area (TPSA) is 66.6 Å². The third-order valence-electron chi connectivity index (χ3n) is 3.53. The fraction of sp³-hybridized carbons (Fsp3) is 0.133. The molecular formula is C15H12N2O3S2. The second-order valence-electron chi connectivity index (χ2n) is 4.86. The summed E-state index contributed by atoms with van der Waals surface area (Å²) >= 11 is 6.99. The molecule has 112 valence electrons. The number of phenolic OH excluding ortho intramolecular Hbond substituents is 1. The van der Waals surface area contributed by atoms with Gasteiger partial charge < -0.3 is 10.0 Å². The highest BCUT2D eigenvalue weighted by Crippen LogP contribution is 2.48. The average molecular weight is 332 g/mol. The van der Waals surface area contributed by atoms with E-state index in [9.17, 15) is 15.2 Å². The molecular weight excluding hydrogens is 320 g/mol. The number of aromatic hydroxyl groups is 1. The van der Waals surface area contributed by atoms with Gasteiger partial charge in [-0.3, -0.25) is 10.1 Å². The zero-order valence-corrected chi connectivity index (χ0v) is 13.2. The SMILES string of the molecule is CN1C(=S)C(c2cc([N+](=O)[O-])ccc2O)Sc2ccccc21. The lowest BCUT2D eigenvalue weighted by Crippen LogP contribution is -2.32. The van der Waals surface area contributed by atoms with Gasteiger partial charge in [0.15, 0.2) is 0 Å². The van der Waals surface area contributed by atoms with Crippen molar-refractivity contribution >= 4 is 40.3 Å². The van der Waals surface area contributed by atoms with Gasteiger partial charge in [-0.25, -0.2) is 0 Å². The normalized spacial score (nSPS) is 17.2. The Kier molecular flexibility index (Phi) is 3.76. The number of anilines is 1. The van der Waals surface area contributed by atoms with Crippen LogP contribution in [0.2, 0.25) is 0 Å². The lowest BCUT2D eigenvalue weighted by molar-refractivity contribution is -0.384. The predicted molar refractivity (Wildman–Crippen MR) is 90.8 cm³/mol. The Hall–Kier alpha value is -2.12. The van der Waals surface area contributed by atoms with E-state index in [1.165, 1.54) is 30.0 Å². The van der Waals surface area contributed by atoms with Gasteiger partial charge in [0.05, 0.1) is 15.9 Å². The van der Waals surface area contributed by atoms with Crippen molar-refractivity contribution < 1.29 is 10.0 Å². The van der Waals surface area contributed by atoms with Crippen LogP contribution in [0, 0.1) is 10.1 Å². The highest BCUT2D eigenvalue weighted by molar-refractivity contribution is 8.01. The van der Waals surface area contributed by atoms with Crippen molar-refractivity contribution in [1.82, 2.24) is 0 Å². The second kappa shape index (κ2) is 5.58. The number of phenols is 1. The minimum absolute atomic E-state index is 0.0123. The molecule has 1 aliphatic rings. The molecule has 1 N–H and O–H groups in total. The number of nitrogens with zero attached hydrogens (tertiary/aromatic N) is 2. The molecule has 22 heavy (non-hydrogen) atoms. The minimum atomic E-state index is -0.475. The first-order chi connectivity index (χ1) is 10.5. The maximum absolute atomic E-state index is 11.0. The average Bonchev–Trinajstić information content (AvgIpc) is 2.51. The standard InChI is InChI=1S/C15H12N2O3S2/c1-16-11-4-2-3-5-13(11)22-14(15(16)21)10-8-9(17(19)20)6-7-12(10)18/h2-8,14,18H,1H3. The molecule has 0 bridgehead atoms. The Labute approximate surface area is 136 Å². The van der Waals surface area contributed by atoms with Crippen molar-refractivity contribution in [2.75, 3.05) is 11.9 Å². The van der Waals surface area contributed by atoms with Crippen molar-refractivity contribution in [2.45, 2.75) is 10.1 Å². The molecule has 5 nitrogen and oxygen atoms in total. The maximum Gasteiger partial charge on any atom is 0.270 e. The van der Waals surface area contributed by atoms with E-state index in [2.05, 4.69) is 0 Å². The van der Waals surface area contributed by atoms with E-state index < -0.39 is 4.92 Å². The van der Waals surface area contributed by atoms with E-state index in [0.29, 0.717) is 10.6 Å². The molecule has 2 aromatic carbocycles. The third kappa shape index (κ3) is 2.42. The number of hydrogen-bond acceptors (Lipinski definition) is 5. The van der Waals surface area contributed by atoms with E-state index >= 15 is 0 Å². The molecule has 0 saturated carbocycles. The maximum atomic E-state index is 11.0. The molecule has 0 fully saturated rings. The monoisotopic (exact) mass is 332 g/mol. The quantitative estimate of drug-likeness (QED) is 0.511. The van der Waals surface area contributed by atoms with E-state index in [0.717, 1.165) is 10.6 Å². The summed E-state index contributed by atoms with van der Waals surface area (Å²) in [5.41, 5.74) is 1.40. The minimum Gasteiger partial charge on any atom is -0.508 e. The first kappa shape index (κ1) is 14.8. The lowest BCUT2D eigenvalue weighted by Gasteiger charge is -2.33. The number of nitro benzene ring substituents is 1. The van der Waals surface area contributed by atoms with E-state index in [1.54, 1.807) is 0 Å². The van der Waals surface area contributed by atoms with Crippen LogP contribution in [-0.4, -0.2) is 22.1 Å². The molecule has 7 heteroatoms. The smallest absolute Gasteiger partial charge is 0.270 e. The Morgan fingerprint density at radius 3 is 2.77 bits per heavy atom. The number of likely N-dealkylation sites (N-methyl/N-ethyl adjacent to an activating group) is 1. The number of rotatable bonds is 2. The van der Waals surface area contributed by atoms with Gasteiger partial charge in [-0.05, 0) is 18.2 Å². The van der Waals surface area contributed by atoms with Gasteiger partial charge in [0.1, 0.15) is 10.7 Å². The summed E-state index contributed by atoms with van der Waals surface area (Å²) < 4.78 is 0. The van der Waals surface area contributed by atoms with Crippen LogP contribution in [0.4, 0.5) is 11.4 Å². The van der Waals surface area contributed by atoms with Gasteiger partial charge in [-0.1, -0.05) is 24.4 Å². The number of thiocarbonyl (C=S) groups is 1. The first-order valence-corrected chi connectivity index (χ1v) is 7.78. The number of hydrogen-bond donors (Lipinski definition) is 1. The van der Waals surface area contributed by atoms with Crippen LogP contribution in [-0.2, 0) is 0 Å². The first-order valence-electron chi connectivity index (χ1n) is 6.49. The molecule has 0 radical (unpaired) electrons. The van der Waals surface area contributed by atoms with Crippen molar-refractivity contribution in [2.24, 2.45) is 0 Å². The van der Waals surface area contributed by atoms with E-state index in [4.69, 9.17) is 12.2 Å². The summed E-state index contributed by atoms with van der Waals surface area (Å²) in [6.07, 6.45) is 0. The molecule has 1 unspecified atom stereocenters. The van der Waals surface area contributed by atoms with Crippen molar-refractivity contribution in [3.63, 3.8) is 0 Å². The Balaban J connectivity index is 2.08. The van der Waals surface area contributed by atoms with Crippen LogP contribution in [0.1, 0.15) is 10.8 Å². The van der Waals surface area contributed by atoms with Gasteiger partial charge in [0.25, 0.3) is 5.69 Å². The van der Waals surface area contributed by atoms with Gasteiger partial charge in [-0.15, -0.1) is 11.8 Å². The number of thioether (sulfide) groups is 1. The largest absolute Gasteiger partial charge is 0.508 e. The summed E-state index contributed by atoms with van der Waals surface area (Å²) in [6, 6.07) is 11.8. The number of benzene rings is 2. The molecule has 0 saturated heterocycles. The number of nitro groups is 1. The molecule has 0 aromatic heterocycles. The van der Waals surface area contributed by atoms with Crippen LogP contribution in [0.25, 0.3) is 0 Å². The number of non-ortho nitro benzene ring substituents is 1. The second-order valence-corrected chi connectivity index (χ2v) is 6.43. The van der Waals surface area contributed by atoms with Gasteiger partial charge >= 0.3 is 0 Å². The van der Waals surface area contributed by atoms with Crippen molar-refractivity contribution in [3.05, 3.63) is 58.1 Å². The Morgan fingerprint density at radius 1 is 1.32 bits per heavy atom. The Bertz CT molecular complexity index is 779. The van der Waals surface area contributed by atoms with Gasteiger partial charge in [0, 0.05) is 29.6 Å². The van der Waals surface area contributed by atoms with Crippen LogP contribution in [0.3, 0.4) is 0 Å². The molecule has 0 spiro atoms. The van der Waals surface area contributed by atoms with Crippen LogP contribution in [0.5, 0.6) is 5.75 Å². The fourth-order valence-corrected chi connectivity index (χ4v) is 4.05. The van der Waals surface area contributed by atoms with Gasteiger partial charge in [0.2, 0.25) is 0 Å². The van der Waals surface area contributed by atoms with Crippen LogP contribution in [0.15, 0.2) is 47.4 Å². The zero-order valence-electron chi connectivity index (χ0n) is 11.6. The van der Waals surface area contributed by atoms with Crippen LogP contribution >= 0.6 is 24.0 Å². The van der Waals surface area contributed by atoms with E-state index in [-0.39, 0.29) is 16.7 Å². The summed E-state index contributed by atoms with van der Waals surface area (Å²) in [4.78, 5) is 14.0. The highest BCUT2D eigenvalue weighted by Gasteiger charge is 2.31. The summed E-state index contributed by atoms with van der Waals surface area (Å²) in [6.45, 7) is 0. The summed E-state index contributed by atoms with van der Waals surface area (Å²) in [5.74, 6) is 0.0123. The summed E-state index contributed by atoms with van der Waals surface area (Å²) in [5, 5.41) is 20.7. The molecule has 2 aromatic rings. The molecule has 1 aliphatic heterocycles. The molecule has 1 heterocycles. The predicted octanol–water partition coefficient (Wildman–Crippen LogP) is 3.91. The zero-order chi connectivity index (χ0) is 15.9. The van der Waals surface area contributed by atoms with Crippen LogP contribution < -0.4 is 4.90 Å². The number of fused-ring (bicyclic) bond motifs is 1. The Morgan fingerprint density at radius 2 is 2.05 bits per heavy atom. The number of para-hydroxylation sites is 1. The summed E-state index contributed by atoms with van der Waals surface area (Å²) in [7, 11) is 1.86. The molecule has 1 atom stereocenters. The molecule has 3 rings (SSSR count). The molecule has 0 amide bonds. The highest BCUT2D eigenvalue weighted by atomic mass is 32.2. The molecule has 0 aliphatic carbocycles. The lowest BCUT2D eigenvalue weighted by atomic mass is 10.1. The van der Waals surface area contributed by atoms with Gasteiger partial charge in [-0.2, -0.15) is 0 Å². The fourth-order valence-electron chi connectivity index (χ4n) is 2.37. The van der Waals surface area contributed by atoms with E-state index in [1.807, 2.05) is 36.2 Å². The third-order valence-corrected chi connectivity index (χ3v) is 5.50.